The molecule has 0 atom stereocenters. The molecule has 1 aromatic rings. The van der Waals surface area contributed by atoms with E-state index < -0.39 is 5.97 Å². The molecule has 1 amide bonds. The van der Waals surface area contributed by atoms with E-state index in [9.17, 15) is 9.59 Å². The van der Waals surface area contributed by atoms with Crippen LogP contribution in [0.3, 0.4) is 0 Å². The van der Waals surface area contributed by atoms with Crippen molar-refractivity contribution in [3.05, 3.63) is 16.1 Å². The molecule has 1 aliphatic carbocycles. The van der Waals surface area contributed by atoms with E-state index in [1.165, 1.54) is 16.7 Å². The lowest BCUT2D eigenvalue weighted by molar-refractivity contribution is -0.131. The summed E-state index contributed by atoms with van der Waals surface area (Å²) in [7, 11) is 1.66. The van der Waals surface area contributed by atoms with E-state index in [0.29, 0.717) is 19.6 Å². The molecule has 0 aromatic carbocycles. The zero-order chi connectivity index (χ0) is 16.0. The van der Waals surface area contributed by atoms with Crippen molar-refractivity contribution in [2.75, 3.05) is 20.3 Å². The van der Waals surface area contributed by atoms with Crippen molar-refractivity contribution in [1.29, 1.82) is 0 Å². The van der Waals surface area contributed by atoms with Gasteiger partial charge in [-0.1, -0.05) is 12.8 Å². The Balaban J connectivity index is 1.84. The summed E-state index contributed by atoms with van der Waals surface area (Å²) in [6.45, 7) is 1.09. The van der Waals surface area contributed by atoms with Crippen molar-refractivity contribution >= 4 is 23.2 Å². The van der Waals surface area contributed by atoms with E-state index in [0.717, 1.165) is 37.1 Å². The fraction of sp³-hybridized carbons (Fsp3) is 0.667. The summed E-state index contributed by atoms with van der Waals surface area (Å²) in [5.74, 6) is -0.923. The van der Waals surface area contributed by atoms with Crippen LogP contribution in [-0.2, 0) is 16.0 Å². The number of aromatic carboxylic acids is 1. The minimum absolute atomic E-state index is 0.0682. The molecule has 0 spiro atoms. The molecule has 1 fully saturated rings. The monoisotopic (exact) mass is 326 g/mol. The Labute approximate surface area is 133 Å². The first kappa shape index (κ1) is 16.9. The van der Waals surface area contributed by atoms with Gasteiger partial charge in [0.05, 0.1) is 10.4 Å². The van der Waals surface area contributed by atoms with Gasteiger partial charge in [0.25, 0.3) is 0 Å². The van der Waals surface area contributed by atoms with E-state index >= 15 is 0 Å². The van der Waals surface area contributed by atoms with Crippen LogP contribution in [0.1, 0.15) is 47.6 Å². The minimum atomic E-state index is -1.02. The molecule has 122 valence electrons. The molecule has 1 heterocycles. The Morgan fingerprint density at radius 1 is 1.45 bits per heavy atom. The second-order valence-corrected chi connectivity index (χ2v) is 6.61. The molecule has 6 nitrogen and oxygen atoms in total. The number of nitrogens with zero attached hydrogens (tertiary/aromatic N) is 1. The quantitative estimate of drug-likeness (QED) is 0.764. The van der Waals surface area contributed by atoms with Crippen LogP contribution in [0.2, 0.25) is 0 Å². The number of ether oxygens (including phenoxy) is 1. The SMILES string of the molecule is COCCC1(C(=O)NCCc2nc(C(=O)O)cs2)CCCC1. The molecule has 2 N–H and O–H groups in total. The van der Waals surface area contributed by atoms with Gasteiger partial charge in [-0.25, -0.2) is 9.78 Å². The van der Waals surface area contributed by atoms with Gasteiger partial charge >= 0.3 is 5.97 Å². The average Bonchev–Trinajstić information content (AvgIpc) is 3.15. The fourth-order valence-electron chi connectivity index (χ4n) is 2.93. The second kappa shape index (κ2) is 7.69. The summed E-state index contributed by atoms with van der Waals surface area (Å²) in [6.07, 6.45) is 5.34. The third-order valence-electron chi connectivity index (χ3n) is 4.22. The number of hydrogen-bond acceptors (Lipinski definition) is 5. The van der Waals surface area contributed by atoms with Crippen molar-refractivity contribution < 1.29 is 19.4 Å². The number of methoxy groups -OCH3 is 1. The number of thiazole rings is 1. The van der Waals surface area contributed by atoms with Crippen molar-refractivity contribution in [1.82, 2.24) is 10.3 Å². The first-order valence-corrected chi connectivity index (χ1v) is 8.40. The lowest BCUT2D eigenvalue weighted by Gasteiger charge is -2.27. The molecule has 7 heteroatoms. The lowest BCUT2D eigenvalue weighted by atomic mass is 9.82. The maximum absolute atomic E-state index is 12.5. The molecule has 0 aliphatic heterocycles. The van der Waals surface area contributed by atoms with Crippen molar-refractivity contribution in [2.45, 2.75) is 38.5 Å². The van der Waals surface area contributed by atoms with Crippen molar-refractivity contribution in [3.8, 4) is 0 Å². The Bertz CT molecular complexity index is 523. The summed E-state index contributed by atoms with van der Waals surface area (Å²) in [5, 5.41) is 14.1. The van der Waals surface area contributed by atoms with Gasteiger partial charge in [-0.15, -0.1) is 11.3 Å². The number of aromatic nitrogens is 1. The third kappa shape index (κ3) is 4.04. The second-order valence-electron chi connectivity index (χ2n) is 5.67. The van der Waals surface area contributed by atoms with Crippen LogP contribution in [0, 0.1) is 5.41 Å². The molecular formula is C15H22N2O4S. The van der Waals surface area contributed by atoms with Crippen LogP contribution in [0.15, 0.2) is 5.38 Å². The van der Waals surface area contributed by atoms with Crippen molar-refractivity contribution in [3.63, 3.8) is 0 Å². The predicted octanol–water partition coefficient (Wildman–Crippen LogP) is 2.10. The van der Waals surface area contributed by atoms with Gasteiger partial charge in [-0.05, 0) is 19.3 Å². The number of carbonyl (C=O) groups excluding carboxylic acids is 1. The summed E-state index contributed by atoms with van der Waals surface area (Å²) in [5.41, 5.74) is -0.218. The largest absolute Gasteiger partial charge is 0.476 e. The number of amides is 1. The third-order valence-corrected chi connectivity index (χ3v) is 5.13. The van der Waals surface area contributed by atoms with Crippen molar-refractivity contribution in [2.24, 2.45) is 5.41 Å². The van der Waals surface area contributed by atoms with Gasteiger partial charge < -0.3 is 15.2 Å². The van der Waals surface area contributed by atoms with Gasteiger partial charge in [0.15, 0.2) is 5.69 Å². The maximum atomic E-state index is 12.5. The molecule has 1 saturated carbocycles. The zero-order valence-corrected chi connectivity index (χ0v) is 13.6. The lowest BCUT2D eigenvalue weighted by Crippen LogP contribution is -2.40. The normalized spacial score (nSPS) is 16.6. The number of rotatable bonds is 8. The number of carbonyl (C=O) groups is 2. The summed E-state index contributed by atoms with van der Waals surface area (Å²) in [4.78, 5) is 27.3. The number of hydrogen-bond donors (Lipinski definition) is 2. The molecule has 0 bridgehead atoms. The number of carboxylic acids is 1. The van der Waals surface area contributed by atoms with Crippen LogP contribution in [0.5, 0.6) is 0 Å². The maximum Gasteiger partial charge on any atom is 0.355 e. The van der Waals surface area contributed by atoms with Crippen LogP contribution >= 0.6 is 11.3 Å². The molecule has 1 aliphatic rings. The topological polar surface area (TPSA) is 88.5 Å². The van der Waals surface area contributed by atoms with Crippen LogP contribution < -0.4 is 5.32 Å². The fourth-order valence-corrected chi connectivity index (χ4v) is 3.71. The number of carboxylic acid groups (broad SMARTS) is 1. The standard InChI is InChI=1S/C15H22N2O4S/c1-21-9-7-15(5-2-3-6-15)14(20)16-8-4-12-17-11(10-22-12)13(18)19/h10H,2-9H2,1H3,(H,16,20)(H,18,19). The van der Waals surface area contributed by atoms with Gasteiger partial charge in [-0.3, -0.25) is 4.79 Å². The highest BCUT2D eigenvalue weighted by Gasteiger charge is 2.40. The van der Waals surface area contributed by atoms with Crippen LogP contribution in [0.25, 0.3) is 0 Å². The Morgan fingerprint density at radius 3 is 2.77 bits per heavy atom. The van der Waals surface area contributed by atoms with E-state index in [2.05, 4.69) is 10.3 Å². The van der Waals surface area contributed by atoms with Gasteiger partial charge in [0, 0.05) is 32.1 Å². The molecule has 1 aromatic heterocycles. The Kier molecular flexibility index (Phi) is 5.90. The zero-order valence-electron chi connectivity index (χ0n) is 12.8. The Morgan fingerprint density at radius 2 is 2.18 bits per heavy atom. The van der Waals surface area contributed by atoms with Gasteiger partial charge in [0.2, 0.25) is 5.91 Å². The predicted molar refractivity (Wildman–Crippen MR) is 83.2 cm³/mol. The molecule has 0 unspecified atom stereocenters. The molecule has 22 heavy (non-hydrogen) atoms. The highest BCUT2D eigenvalue weighted by Crippen LogP contribution is 2.41. The molecular weight excluding hydrogens is 304 g/mol. The minimum Gasteiger partial charge on any atom is -0.476 e. The van der Waals surface area contributed by atoms with E-state index in [1.54, 1.807) is 7.11 Å². The van der Waals surface area contributed by atoms with E-state index in [4.69, 9.17) is 9.84 Å². The summed E-state index contributed by atoms with van der Waals surface area (Å²) in [6, 6.07) is 0. The highest BCUT2D eigenvalue weighted by atomic mass is 32.1. The Hall–Kier alpha value is -1.47. The van der Waals surface area contributed by atoms with Crippen LogP contribution in [-0.4, -0.2) is 42.2 Å². The van der Waals surface area contributed by atoms with E-state index in [1.807, 2.05) is 0 Å². The molecule has 2 rings (SSSR count). The first-order valence-electron chi connectivity index (χ1n) is 7.52. The summed E-state index contributed by atoms with van der Waals surface area (Å²) >= 11 is 1.31. The van der Waals surface area contributed by atoms with Crippen LogP contribution in [0.4, 0.5) is 0 Å². The molecule has 0 saturated heterocycles. The highest BCUT2D eigenvalue weighted by molar-refractivity contribution is 7.09. The first-order chi connectivity index (χ1) is 10.6. The smallest absolute Gasteiger partial charge is 0.355 e. The number of nitrogens with one attached hydrogen (secondary N) is 1. The van der Waals surface area contributed by atoms with Gasteiger partial charge in [-0.2, -0.15) is 0 Å². The average molecular weight is 326 g/mol. The van der Waals surface area contributed by atoms with E-state index in [-0.39, 0.29) is 17.0 Å². The van der Waals surface area contributed by atoms with Gasteiger partial charge in [0.1, 0.15) is 0 Å². The summed E-state index contributed by atoms with van der Waals surface area (Å²) < 4.78 is 5.13. The molecule has 0 radical (unpaired) electrons.